The minimum atomic E-state index is -1.23. The van der Waals surface area contributed by atoms with Crippen molar-refractivity contribution in [3.8, 4) is 0 Å². The molecule has 0 N–H and O–H groups in total. The molecule has 1 radical (unpaired) electrons. The van der Waals surface area contributed by atoms with Crippen molar-refractivity contribution in [1.29, 1.82) is 0 Å². The summed E-state index contributed by atoms with van der Waals surface area (Å²) in [6.07, 6.45) is 1.41. The molecular formula is C2H6NO2SV-. The minimum Gasteiger partial charge on any atom is -0.521 e. The fraction of sp³-hybridized carbons (Fsp3) is 1.00. The van der Waals surface area contributed by atoms with E-state index in [1.54, 1.807) is 0 Å². The Labute approximate surface area is 57.3 Å². The molecule has 1 atom stereocenters. The van der Waals surface area contributed by atoms with Crippen molar-refractivity contribution in [2.75, 3.05) is 13.3 Å². The van der Waals surface area contributed by atoms with Gasteiger partial charge in [-0.2, -0.15) is 0 Å². The predicted octanol–water partition coefficient (Wildman–Crippen LogP) is 0.213. The van der Waals surface area contributed by atoms with E-state index in [0.29, 0.717) is 0 Å². The summed E-state index contributed by atoms with van der Waals surface area (Å²) in [5, 5.41) is 0. The Hall–Kier alpha value is 0.654. The van der Waals surface area contributed by atoms with Gasteiger partial charge in [-0.1, -0.05) is 0 Å². The van der Waals surface area contributed by atoms with Gasteiger partial charge in [-0.15, -0.1) is 7.05 Å². The van der Waals surface area contributed by atoms with Crippen LogP contribution in [0.3, 0.4) is 0 Å². The van der Waals surface area contributed by atoms with E-state index in [-0.39, 0.29) is 18.6 Å². The van der Waals surface area contributed by atoms with Gasteiger partial charge in [0.25, 0.3) is 0 Å². The molecule has 0 saturated carbocycles. The van der Waals surface area contributed by atoms with Crippen LogP contribution in [0.15, 0.2) is 0 Å². The minimum absolute atomic E-state index is 0. The van der Waals surface area contributed by atoms with Crippen molar-refractivity contribution in [2.24, 2.45) is 0 Å². The number of hydroxylamine groups is 1. The summed E-state index contributed by atoms with van der Waals surface area (Å²) in [7, 11) is 1.43. The molecule has 0 aliphatic heterocycles. The van der Waals surface area contributed by atoms with Crippen molar-refractivity contribution in [2.45, 2.75) is 0 Å². The largest absolute Gasteiger partial charge is 0.521 e. The van der Waals surface area contributed by atoms with Crippen LogP contribution in [-0.2, 0) is 33.9 Å². The molecule has 0 aromatic rings. The van der Waals surface area contributed by atoms with Crippen LogP contribution in [0.25, 0.3) is 5.48 Å². The first kappa shape index (κ1) is 10.6. The fourth-order valence-corrected chi connectivity index (χ4v) is 0.315. The number of hydrogen-bond acceptors (Lipinski definition) is 2. The van der Waals surface area contributed by atoms with Gasteiger partial charge in [0.05, 0.1) is 0 Å². The van der Waals surface area contributed by atoms with Crippen molar-refractivity contribution >= 4 is 11.1 Å². The normalized spacial score (nSPS) is 12.3. The predicted molar refractivity (Wildman–Crippen MR) is 24.4 cm³/mol. The molecule has 0 heterocycles. The van der Waals surface area contributed by atoms with Gasteiger partial charge in [0.2, 0.25) is 0 Å². The first-order chi connectivity index (χ1) is 2.77. The topological polar surface area (TPSA) is 40.4 Å². The van der Waals surface area contributed by atoms with Gasteiger partial charge in [0, 0.05) is 24.8 Å². The molecule has 0 spiro atoms. The zero-order chi connectivity index (χ0) is 4.99. The Kier molecular flexibility index (Phi) is 10.1. The molecule has 7 heavy (non-hydrogen) atoms. The summed E-state index contributed by atoms with van der Waals surface area (Å²) < 4.78 is 14.0. The maximum absolute atomic E-state index is 9.84. The SMILES string of the molecule is C[N-]OS(C)=O.[V]. The summed E-state index contributed by atoms with van der Waals surface area (Å²) in [5.41, 5.74) is 3.14. The zero-order valence-corrected chi connectivity index (χ0v) is 6.33. The quantitative estimate of drug-likeness (QED) is 0.540. The monoisotopic (exact) mass is 159 g/mol. The molecule has 1 unspecified atom stereocenters. The molecule has 0 fully saturated rings. The molecule has 0 aromatic heterocycles. The second kappa shape index (κ2) is 6.65. The maximum Gasteiger partial charge on any atom is 0.135 e. The van der Waals surface area contributed by atoms with Gasteiger partial charge >= 0.3 is 0 Å². The standard InChI is InChI=1S/C2H6NO2S.V/c1-3-5-6(2)4;/h1-2H3;/q-1;. The van der Waals surface area contributed by atoms with Crippen LogP contribution in [0.1, 0.15) is 0 Å². The first-order valence-electron chi connectivity index (χ1n) is 1.37. The zero-order valence-electron chi connectivity index (χ0n) is 4.12. The molecular weight excluding hydrogens is 153 g/mol. The number of nitrogens with zero attached hydrogens (tertiary/aromatic N) is 1. The molecule has 3 nitrogen and oxygen atoms in total. The smallest absolute Gasteiger partial charge is 0.135 e. The Bertz CT molecular complexity index is 59.7. The van der Waals surface area contributed by atoms with Crippen molar-refractivity contribution in [3.63, 3.8) is 0 Å². The van der Waals surface area contributed by atoms with Crippen molar-refractivity contribution in [3.05, 3.63) is 5.48 Å². The molecule has 0 bridgehead atoms. The Morgan fingerprint density at radius 3 is 2.14 bits per heavy atom. The Morgan fingerprint density at radius 1 is 1.71 bits per heavy atom. The van der Waals surface area contributed by atoms with E-state index in [1.807, 2.05) is 0 Å². The second-order valence-corrected chi connectivity index (χ2v) is 1.61. The second-order valence-electron chi connectivity index (χ2n) is 0.658. The van der Waals surface area contributed by atoms with Crippen LogP contribution >= 0.6 is 0 Å². The van der Waals surface area contributed by atoms with E-state index < -0.39 is 11.1 Å². The van der Waals surface area contributed by atoms with Gasteiger partial charge in [-0.05, 0) is 0 Å². The fourth-order valence-electron chi connectivity index (χ4n) is 0.105. The molecule has 43 valence electrons. The van der Waals surface area contributed by atoms with Crippen LogP contribution in [0.5, 0.6) is 0 Å². The van der Waals surface area contributed by atoms with Gasteiger partial charge in [-0.25, -0.2) is 4.21 Å². The van der Waals surface area contributed by atoms with Gasteiger partial charge in [-0.3, -0.25) is 0 Å². The van der Waals surface area contributed by atoms with Gasteiger partial charge in [0.15, 0.2) is 0 Å². The summed E-state index contributed by atoms with van der Waals surface area (Å²) in [6, 6.07) is 0. The van der Waals surface area contributed by atoms with Crippen LogP contribution in [0, 0.1) is 0 Å². The summed E-state index contributed by atoms with van der Waals surface area (Å²) in [5.74, 6) is 0. The van der Waals surface area contributed by atoms with E-state index in [9.17, 15) is 4.21 Å². The third-order valence-electron chi connectivity index (χ3n) is 0.180. The van der Waals surface area contributed by atoms with Crippen LogP contribution in [0.4, 0.5) is 0 Å². The number of rotatable bonds is 2. The molecule has 0 amide bonds. The average molecular weight is 159 g/mol. The van der Waals surface area contributed by atoms with Gasteiger partial charge < -0.3 is 9.76 Å². The molecule has 5 heteroatoms. The van der Waals surface area contributed by atoms with E-state index in [1.165, 1.54) is 13.3 Å². The molecule has 0 aliphatic rings. The first-order valence-corrected chi connectivity index (χ1v) is 2.85. The van der Waals surface area contributed by atoms with Gasteiger partial charge in [0.1, 0.15) is 11.1 Å². The van der Waals surface area contributed by atoms with E-state index >= 15 is 0 Å². The maximum atomic E-state index is 9.84. The van der Waals surface area contributed by atoms with Crippen molar-refractivity contribution < 1.29 is 27.0 Å². The molecule has 0 saturated heterocycles. The number of hydrogen-bond donors (Lipinski definition) is 0. The van der Waals surface area contributed by atoms with Crippen LogP contribution in [0.2, 0.25) is 0 Å². The van der Waals surface area contributed by atoms with E-state index in [4.69, 9.17) is 0 Å². The summed E-state index contributed by atoms with van der Waals surface area (Å²) in [6.45, 7) is 0. The third kappa shape index (κ3) is 10.8. The molecule has 0 aliphatic carbocycles. The van der Waals surface area contributed by atoms with Crippen molar-refractivity contribution in [1.82, 2.24) is 0 Å². The summed E-state index contributed by atoms with van der Waals surface area (Å²) in [4.78, 5) is 0. The summed E-state index contributed by atoms with van der Waals surface area (Å²) >= 11 is -1.23. The van der Waals surface area contributed by atoms with E-state index in [2.05, 4.69) is 9.76 Å². The average Bonchev–Trinajstić information content (AvgIpc) is 1.35. The Morgan fingerprint density at radius 2 is 2.14 bits per heavy atom. The Balaban J connectivity index is 0. The molecule has 0 aromatic carbocycles. The third-order valence-corrected chi connectivity index (χ3v) is 0.539. The van der Waals surface area contributed by atoms with Crippen LogP contribution in [-0.4, -0.2) is 17.5 Å². The van der Waals surface area contributed by atoms with E-state index in [0.717, 1.165) is 0 Å². The van der Waals surface area contributed by atoms with Crippen LogP contribution < -0.4 is 0 Å². The molecule has 0 rings (SSSR count).